The van der Waals surface area contributed by atoms with Crippen molar-refractivity contribution < 1.29 is 13.2 Å². The molecule has 0 radical (unpaired) electrons. The summed E-state index contributed by atoms with van der Waals surface area (Å²) in [6.07, 6.45) is 0. The van der Waals surface area contributed by atoms with Gasteiger partial charge in [0.05, 0.1) is 10.9 Å². The Morgan fingerprint density at radius 3 is 2.36 bits per heavy atom. The highest BCUT2D eigenvalue weighted by Crippen LogP contribution is 2.19. The van der Waals surface area contributed by atoms with Crippen molar-refractivity contribution in [1.82, 2.24) is 9.62 Å². The average molecular weight is 382 g/mol. The van der Waals surface area contributed by atoms with Crippen molar-refractivity contribution in [2.24, 2.45) is 0 Å². The Balaban J connectivity index is 2.07. The first-order valence-electron chi connectivity index (χ1n) is 7.56. The van der Waals surface area contributed by atoms with Gasteiger partial charge in [0.15, 0.2) is 0 Å². The van der Waals surface area contributed by atoms with E-state index in [1.807, 2.05) is 19.1 Å². The fourth-order valence-electron chi connectivity index (χ4n) is 2.14. The third kappa shape index (κ3) is 4.94. The van der Waals surface area contributed by atoms with Crippen LogP contribution in [-0.4, -0.2) is 32.8 Å². The van der Waals surface area contributed by atoms with E-state index < -0.39 is 16.1 Å². The Kier molecular flexibility index (Phi) is 6.05. The average Bonchev–Trinajstić information content (AvgIpc) is 2.55. The number of urea groups is 1. The number of benzene rings is 2. The largest absolute Gasteiger partial charge is 0.331 e. The van der Waals surface area contributed by atoms with Crippen molar-refractivity contribution in [2.75, 3.05) is 19.4 Å². The third-order valence-electron chi connectivity index (χ3n) is 3.59. The number of nitrogens with one attached hydrogen (secondary N) is 2. The van der Waals surface area contributed by atoms with Gasteiger partial charge in [-0.3, -0.25) is 0 Å². The zero-order chi connectivity index (χ0) is 18.6. The van der Waals surface area contributed by atoms with E-state index in [2.05, 4.69) is 10.6 Å². The van der Waals surface area contributed by atoms with E-state index in [0.717, 1.165) is 9.87 Å². The molecule has 0 aliphatic heterocycles. The van der Waals surface area contributed by atoms with Crippen molar-refractivity contribution in [1.29, 1.82) is 0 Å². The summed E-state index contributed by atoms with van der Waals surface area (Å²) in [6, 6.07) is 12.6. The van der Waals surface area contributed by atoms with Gasteiger partial charge in [-0.15, -0.1) is 0 Å². The summed E-state index contributed by atoms with van der Waals surface area (Å²) in [5.74, 6) is 0. The normalized spacial score (nSPS) is 12.7. The van der Waals surface area contributed by atoms with Crippen molar-refractivity contribution in [3.05, 3.63) is 59.1 Å². The van der Waals surface area contributed by atoms with E-state index in [9.17, 15) is 13.2 Å². The van der Waals surface area contributed by atoms with Crippen LogP contribution in [0.1, 0.15) is 18.5 Å². The first kappa shape index (κ1) is 19.2. The van der Waals surface area contributed by atoms with Crippen LogP contribution in [0.4, 0.5) is 10.5 Å². The number of sulfonamides is 1. The monoisotopic (exact) mass is 381 g/mol. The van der Waals surface area contributed by atoms with Crippen LogP contribution >= 0.6 is 11.6 Å². The zero-order valence-corrected chi connectivity index (χ0v) is 15.7. The lowest BCUT2D eigenvalue weighted by atomic mass is 10.1. The molecule has 0 saturated heterocycles. The van der Waals surface area contributed by atoms with Gasteiger partial charge in [-0.05, 0) is 42.8 Å². The Morgan fingerprint density at radius 1 is 1.12 bits per heavy atom. The molecule has 6 nitrogen and oxygen atoms in total. The molecule has 134 valence electrons. The summed E-state index contributed by atoms with van der Waals surface area (Å²) in [7, 11) is -0.648. The number of rotatable bonds is 5. The van der Waals surface area contributed by atoms with E-state index >= 15 is 0 Å². The van der Waals surface area contributed by atoms with Crippen molar-refractivity contribution >= 4 is 33.3 Å². The molecule has 0 fully saturated rings. The molecule has 0 spiro atoms. The van der Waals surface area contributed by atoms with Crippen molar-refractivity contribution in [3.8, 4) is 0 Å². The van der Waals surface area contributed by atoms with Crippen LogP contribution in [-0.2, 0) is 10.0 Å². The Labute approximate surface area is 152 Å². The Morgan fingerprint density at radius 2 is 1.76 bits per heavy atom. The molecule has 0 heterocycles. The molecule has 8 heteroatoms. The van der Waals surface area contributed by atoms with Gasteiger partial charge in [-0.1, -0.05) is 29.8 Å². The van der Waals surface area contributed by atoms with E-state index in [-0.39, 0.29) is 10.9 Å². The quantitative estimate of drug-likeness (QED) is 0.832. The smallest absolute Gasteiger partial charge is 0.319 e. The minimum atomic E-state index is -3.56. The predicted octanol–water partition coefficient (Wildman–Crippen LogP) is 3.47. The highest BCUT2D eigenvalue weighted by atomic mass is 35.5. The number of hydrogen-bond donors (Lipinski definition) is 2. The second-order valence-corrected chi connectivity index (χ2v) is 8.28. The van der Waals surface area contributed by atoms with Crippen LogP contribution < -0.4 is 10.6 Å². The molecule has 2 aromatic rings. The summed E-state index contributed by atoms with van der Waals surface area (Å²) in [5.41, 5.74) is 1.30. The van der Waals surface area contributed by atoms with Gasteiger partial charge in [0, 0.05) is 24.8 Å². The number of carbonyl (C=O) groups is 1. The minimum absolute atomic E-state index is 0.112. The maximum atomic E-state index is 12.1. The number of halogens is 1. The standard InChI is InChI=1S/C17H20ClN3O3S/c1-12(13-7-9-14(18)10-8-13)19-17(22)20-15-5-4-6-16(11-15)25(23,24)21(2)3/h4-12H,1-3H3,(H2,19,20,22)/t12-/m1/s1. The molecule has 2 amide bonds. The zero-order valence-electron chi connectivity index (χ0n) is 14.2. The van der Waals surface area contributed by atoms with Crippen LogP contribution in [0.15, 0.2) is 53.4 Å². The van der Waals surface area contributed by atoms with Gasteiger partial charge in [0.25, 0.3) is 0 Å². The molecule has 25 heavy (non-hydrogen) atoms. The summed E-state index contributed by atoms with van der Waals surface area (Å²) in [4.78, 5) is 12.3. The van der Waals surface area contributed by atoms with E-state index in [4.69, 9.17) is 11.6 Å². The van der Waals surface area contributed by atoms with Gasteiger partial charge in [0.1, 0.15) is 0 Å². The second kappa shape index (κ2) is 7.86. The SMILES string of the molecule is C[C@@H](NC(=O)Nc1cccc(S(=O)(=O)N(C)C)c1)c1ccc(Cl)cc1. The maximum absolute atomic E-state index is 12.1. The lowest BCUT2D eigenvalue weighted by Gasteiger charge is -2.16. The molecule has 0 aromatic heterocycles. The van der Waals surface area contributed by atoms with E-state index in [1.54, 1.807) is 24.3 Å². The number of amides is 2. The number of hydrogen-bond acceptors (Lipinski definition) is 3. The molecule has 0 bridgehead atoms. The van der Waals surface area contributed by atoms with Gasteiger partial charge in [-0.25, -0.2) is 17.5 Å². The molecule has 2 aromatic carbocycles. The topological polar surface area (TPSA) is 78.5 Å². The first-order valence-corrected chi connectivity index (χ1v) is 9.37. The van der Waals surface area contributed by atoms with Crippen molar-refractivity contribution in [2.45, 2.75) is 17.9 Å². The summed E-state index contributed by atoms with van der Waals surface area (Å²) < 4.78 is 25.4. The second-order valence-electron chi connectivity index (χ2n) is 5.69. The van der Waals surface area contributed by atoms with Crippen LogP contribution in [0.2, 0.25) is 5.02 Å². The Hall–Kier alpha value is -2.09. The van der Waals surface area contributed by atoms with Gasteiger partial charge in [0.2, 0.25) is 10.0 Å². The van der Waals surface area contributed by atoms with Crippen molar-refractivity contribution in [3.63, 3.8) is 0 Å². The molecule has 0 aliphatic carbocycles. The number of anilines is 1. The molecule has 0 aliphatic rings. The fourth-order valence-corrected chi connectivity index (χ4v) is 3.22. The summed E-state index contributed by atoms with van der Waals surface area (Å²) >= 11 is 5.85. The molecular weight excluding hydrogens is 362 g/mol. The van der Waals surface area contributed by atoms with Crippen LogP contribution in [0.5, 0.6) is 0 Å². The predicted molar refractivity (Wildman–Crippen MR) is 99.3 cm³/mol. The van der Waals surface area contributed by atoms with Gasteiger partial charge in [-0.2, -0.15) is 0 Å². The van der Waals surface area contributed by atoms with Crippen LogP contribution in [0, 0.1) is 0 Å². The molecular formula is C17H20ClN3O3S. The highest BCUT2D eigenvalue weighted by molar-refractivity contribution is 7.89. The fraction of sp³-hybridized carbons (Fsp3) is 0.235. The molecule has 2 rings (SSSR count). The van der Waals surface area contributed by atoms with Gasteiger partial charge < -0.3 is 10.6 Å². The van der Waals surface area contributed by atoms with Crippen LogP contribution in [0.25, 0.3) is 0 Å². The number of nitrogens with zero attached hydrogens (tertiary/aromatic N) is 1. The van der Waals surface area contributed by atoms with E-state index in [0.29, 0.717) is 10.7 Å². The molecule has 2 N–H and O–H groups in total. The van der Waals surface area contributed by atoms with Gasteiger partial charge >= 0.3 is 6.03 Å². The lowest BCUT2D eigenvalue weighted by molar-refractivity contribution is 0.249. The lowest BCUT2D eigenvalue weighted by Crippen LogP contribution is -2.31. The first-order chi connectivity index (χ1) is 11.7. The molecule has 0 saturated carbocycles. The third-order valence-corrected chi connectivity index (χ3v) is 5.65. The molecule has 1 atom stereocenters. The Bertz CT molecular complexity index is 852. The summed E-state index contributed by atoms with van der Waals surface area (Å²) in [6.45, 7) is 1.84. The van der Waals surface area contributed by atoms with E-state index in [1.165, 1.54) is 26.2 Å². The molecule has 0 unspecified atom stereocenters. The highest BCUT2D eigenvalue weighted by Gasteiger charge is 2.18. The maximum Gasteiger partial charge on any atom is 0.319 e. The minimum Gasteiger partial charge on any atom is -0.331 e. The number of carbonyl (C=O) groups excluding carboxylic acids is 1. The van der Waals surface area contributed by atoms with Crippen LogP contribution in [0.3, 0.4) is 0 Å². The summed E-state index contributed by atoms with van der Waals surface area (Å²) in [5, 5.41) is 6.06.